The Morgan fingerprint density at radius 1 is 1.10 bits per heavy atom. The molecule has 4 saturated carbocycles. The molecule has 10 rings (SSSR count). The Balaban J connectivity index is 1.04. The topological polar surface area (TPSA) is 120 Å². The molecule has 2 saturated heterocycles. The van der Waals surface area contributed by atoms with E-state index in [0.717, 1.165) is 66.8 Å². The van der Waals surface area contributed by atoms with Crippen molar-refractivity contribution in [2.24, 2.45) is 22.5 Å². The standard InChI is InChI=1S/C36H40F3N7O3/c1-18(41-33(48)34-15-35(16-34,17-34)36(37,38)39)25-8-6-21-10-27(44(31(21)42-25)14-20-4-5-20)30-19(2)45-28(43-30)11-22(12-29(45)49-3)32(47)46-23-7-9-26(46)24(40)13-23/h6,8,10-12,18,20,23-24,26H,4-5,7,9,13-17,40H2,1-3H3,(H,41,48)/t18-,23+,24-,26-,34?,35?/m1/s1. The molecule has 2 aliphatic heterocycles. The van der Waals surface area contributed by atoms with Crippen LogP contribution in [0.4, 0.5) is 13.2 Å². The minimum Gasteiger partial charge on any atom is -0.482 e. The molecule has 0 aromatic carbocycles. The van der Waals surface area contributed by atoms with Gasteiger partial charge in [-0.1, -0.05) is 0 Å². The number of hydrogen-bond acceptors (Lipinski definition) is 6. The minimum absolute atomic E-state index is 0.00847. The van der Waals surface area contributed by atoms with Gasteiger partial charge in [0.25, 0.3) is 5.91 Å². The fraction of sp³-hybridized carbons (Fsp3) is 0.556. The molecule has 4 aliphatic carbocycles. The van der Waals surface area contributed by atoms with E-state index in [4.69, 9.17) is 20.4 Å². The molecule has 6 aliphatic rings. The predicted molar refractivity (Wildman–Crippen MR) is 175 cm³/mol. The van der Waals surface area contributed by atoms with Gasteiger partial charge in [-0.3, -0.25) is 14.0 Å². The van der Waals surface area contributed by atoms with Crippen LogP contribution in [0.1, 0.15) is 86.1 Å². The highest BCUT2D eigenvalue weighted by molar-refractivity contribution is 5.97. The third-order valence-corrected chi connectivity index (χ3v) is 12.2. The van der Waals surface area contributed by atoms with E-state index in [0.29, 0.717) is 28.7 Å². The summed E-state index contributed by atoms with van der Waals surface area (Å²) in [6, 6.07) is 9.31. The molecule has 4 aromatic rings. The van der Waals surface area contributed by atoms with Crippen molar-refractivity contribution in [1.82, 2.24) is 29.2 Å². The minimum atomic E-state index is -4.26. The molecule has 4 aromatic heterocycles. The van der Waals surface area contributed by atoms with E-state index in [9.17, 15) is 22.8 Å². The van der Waals surface area contributed by atoms with Crippen molar-refractivity contribution in [1.29, 1.82) is 0 Å². The van der Waals surface area contributed by atoms with Crippen molar-refractivity contribution in [2.75, 3.05) is 7.11 Å². The molecule has 6 fully saturated rings. The van der Waals surface area contributed by atoms with Crippen LogP contribution in [0.15, 0.2) is 30.3 Å². The first kappa shape index (κ1) is 30.9. The number of pyridine rings is 2. The number of nitrogens with zero attached hydrogens (tertiary/aromatic N) is 5. The lowest BCUT2D eigenvalue weighted by Crippen LogP contribution is -2.72. The van der Waals surface area contributed by atoms with Crippen LogP contribution in [0.25, 0.3) is 28.1 Å². The van der Waals surface area contributed by atoms with Crippen molar-refractivity contribution in [3.8, 4) is 17.3 Å². The number of ether oxygens (including phenoxy) is 1. The average molecular weight is 676 g/mol. The number of carbonyl (C=O) groups excluding carboxylic acids is 2. The van der Waals surface area contributed by atoms with Crippen LogP contribution in [-0.2, 0) is 11.3 Å². The van der Waals surface area contributed by atoms with E-state index < -0.39 is 23.0 Å². The quantitative estimate of drug-likeness (QED) is 0.248. The van der Waals surface area contributed by atoms with E-state index in [1.54, 1.807) is 13.2 Å². The molecule has 13 heteroatoms. The highest BCUT2D eigenvalue weighted by Crippen LogP contribution is 2.78. The van der Waals surface area contributed by atoms with Gasteiger partial charge in [0.2, 0.25) is 5.91 Å². The van der Waals surface area contributed by atoms with Gasteiger partial charge in [-0.25, -0.2) is 9.97 Å². The van der Waals surface area contributed by atoms with Crippen LogP contribution in [0, 0.1) is 23.7 Å². The van der Waals surface area contributed by atoms with Gasteiger partial charge >= 0.3 is 6.18 Å². The molecule has 6 heterocycles. The first-order chi connectivity index (χ1) is 23.3. The van der Waals surface area contributed by atoms with Gasteiger partial charge in [0.05, 0.1) is 41.1 Å². The number of nitrogens with two attached hydrogens (primary N) is 1. The average Bonchev–Trinajstić information content (AvgIpc) is 3.33. The summed E-state index contributed by atoms with van der Waals surface area (Å²) in [5.74, 6) is 0.667. The van der Waals surface area contributed by atoms with Crippen LogP contribution < -0.4 is 15.8 Å². The first-order valence-electron chi connectivity index (χ1n) is 17.3. The van der Waals surface area contributed by atoms with E-state index in [-0.39, 0.29) is 49.2 Å². The Bertz CT molecular complexity index is 2040. The van der Waals surface area contributed by atoms with Crippen LogP contribution in [0.3, 0.4) is 0 Å². The summed E-state index contributed by atoms with van der Waals surface area (Å²) >= 11 is 0. The SMILES string of the molecule is COc1cc(C(=O)N2[C@H]3CC[C@@H]2[C@H](N)C3)cc2nc(-c3cc4ccc([C@@H](C)NC(=O)C56CC(C(F)(F)F)(C5)C6)nc4n3CC3CC3)c(C)n12. The smallest absolute Gasteiger partial charge is 0.394 e. The molecule has 10 nitrogen and oxygen atoms in total. The monoisotopic (exact) mass is 675 g/mol. The molecule has 49 heavy (non-hydrogen) atoms. The summed E-state index contributed by atoms with van der Waals surface area (Å²) < 4.78 is 50.1. The van der Waals surface area contributed by atoms with Gasteiger partial charge in [0, 0.05) is 41.7 Å². The summed E-state index contributed by atoms with van der Waals surface area (Å²) in [6.07, 6.45) is 0.335. The van der Waals surface area contributed by atoms with E-state index in [1.165, 1.54) is 0 Å². The number of hydrogen-bond donors (Lipinski definition) is 2. The van der Waals surface area contributed by atoms with E-state index in [2.05, 4.69) is 16.0 Å². The van der Waals surface area contributed by atoms with Crippen LogP contribution in [0.2, 0.25) is 0 Å². The van der Waals surface area contributed by atoms with Gasteiger partial charge in [-0.2, -0.15) is 13.2 Å². The Morgan fingerprint density at radius 2 is 1.86 bits per heavy atom. The van der Waals surface area contributed by atoms with Crippen molar-refractivity contribution in [3.05, 3.63) is 47.3 Å². The lowest BCUT2D eigenvalue weighted by Gasteiger charge is -2.69. The number of carbonyl (C=O) groups is 2. The van der Waals surface area contributed by atoms with Crippen molar-refractivity contribution in [3.63, 3.8) is 0 Å². The number of aromatic nitrogens is 4. The van der Waals surface area contributed by atoms with Gasteiger partial charge < -0.3 is 25.3 Å². The second-order valence-corrected chi connectivity index (χ2v) is 15.5. The zero-order chi connectivity index (χ0) is 34.2. The predicted octanol–water partition coefficient (Wildman–Crippen LogP) is 5.69. The zero-order valence-corrected chi connectivity index (χ0v) is 27.8. The molecule has 3 N–H and O–H groups in total. The maximum absolute atomic E-state index is 13.8. The van der Waals surface area contributed by atoms with Gasteiger partial charge in [0.15, 0.2) is 5.88 Å². The summed E-state index contributed by atoms with van der Waals surface area (Å²) in [6.45, 7) is 4.57. The normalized spacial score (nSPS) is 29.3. The number of rotatable bonds is 8. The highest BCUT2D eigenvalue weighted by atomic mass is 19.4. The molecule has 0 spiro atoms. The summed E-state index contributed by atoms with van der Waals surface area (Å²) in [5, 5.41) is 3.88. The van der Waals surface area contributed by atoms with Crippen molar-refractivity contribution < 1.29 is 27.5 Å². The lowest BCUT2D eigenvalue weighted by molar-refractivity contribution is -0.351. The number of halogens is 3. The number of fused-ring (bicyclic) bond motifs is 4. The largest absolute Gasteiger partial charge is 0.482 e. The third-order valence-electron chi connectivity index (χ3n) is 12.2. The number of aryl methyl sites for hydroxylation is 1. The molecular weight excluding hydrogens is 635 g/mol. The maximum Gasteiger partial charge on any atom is 0.394 e. The lowest BCUT2D eigenvalue weighted by atomic mass is 9.34. The number of nitrogens with one attached hydrogen (secondary N) is 1. The third kappa shape index (κ3) is 4.42. The van der Waals surface area contributed by atoms with Gasteiger partial charge in [-0.05, 0) is 95.4 Å². The number of methoxy groups -OCH3 is 1. The Morgan fingerprint density at radius 3 is 2.49 bits per heavy atom. The Kier molecular flexibility index (Phi) is 6.44. The fourth-order valence-electron chi connectivity index (χ4n) is 9.37. The second kappa shape index (κ2) is 10.2. The van der Waals surface area contributed by atoms with E-state index in [1.807, 2.05) is 41.3 Å². The summed E-state index contributed by atoms with van der Waals surface area (Å²) in [5.41, 5.74) is 8.82. The molecule has 258 valence electrons. The highest BCUT2D eigenvalue weighted by Gasteiger charge is 2.80. The van der Waals surface area contributed by atoms with Crippen LogP contribution in [-0.4, -0.2) is 67.1 Å². The molecule has 2 amide bonds. The number of alkyl halides is 3. The first-order valence-corrected chi connectivity index (χ1v) is 17.3. The zero-order valence-electron chi connectivity index (χ0n) is 27.8. The number of imidazole rings is 1. The van der Waals surface area contributed by atoms with Gasteiger partial charge in [-0.15, -0.1) is 0 Å². The number of amides is 2. The molecule has 0 unspecified atom stereocenters. The molecular formula is C36H40F3N7O3. The summed E-state index contributed by atoms with van der Waals surface area (Å²) in [7, 11) is 1.59. The second-order valence-electron chi connectivity index (χ2n) is 15.5. The maximum atomic E-state index is 13.8. The Labute approximate surface area is 281 Å². The van der Waals surface area contributed by atoms with Crippen molar-refractivity contribution in [2.45, 2.75) is 102 Å². The van der Waals surface area contributed by atoms with Crippen LogP contribution in [0.5, 0.6) is 5.88 Å². The van der Waals surface area contributed by atoms with Crippen molar-refractivity contribution >= 4 is 28.5 Å². The summed E-state index contributed by atoms with van der Waals surface area (Å²) in [4.78, 5) is 39.0. The Hall–Kier alpha value is -4.13. The van der Waals surface area contributed by atoms with Crippen LogP contribution >= 0.6 is 0 Å². The molecule has 0 radical (unpaired) electrons. The van der Waals surface area contributed by atoms with E-state index >= 15 is 0 Å². The molecule has 4 bridgehead atoms. The van der Waals surface area contributed by atoms with Gasteiger partial charge in [0.1, 0.15) is 17.0 Å². The fourth-order valence-corrected chi connectivity index (χ4v) is 9.37. The molecule has 4 atom stereocenters.